The van der Waals surface area contributed by atoms with Gasteiger partial charge in [0.25, 0.3) is 0 Å². The van der Waals surface area contributed by atoms with Crippen molar-refractivity contribution >= 4 is 10.8 Å². The third kappa shape index (κ3) is 1.05. The van der Waals surface area contributed by atoms with E-state index in [0.717, 1.165) is 16.5 Å². The molecule has 0 fully saturated rings. The molecule has 0 bridgehead atoms. The average molecular weight is 161 g/mol. The number of aromatic nitrogens is 1. The molecule has 0 aliphatic heterocycles. The first kappa shape index (κ1) is 7.22. The molecule has 0 radical (unpaired) electrons. The van der Waals surface area contributed by atoms with Crippen molar-refractivity contribution in [3.8, 4) is 0 Å². The number of hydrogen-bond donors (Lipinski definition) is 0. The van der Waals surface area contributed by atoms with Crippen LogP contribution in [0, 0.1) is 12.7 Å². The fourth-order valence-corrected chi connectivity index (χ4v) is 1.30. The highest BCUT2D eigenvalue weighted by Gasteiger charge is 1.97. The van der Waals surface area contributed by atoms with E-state index < -0.39 is 0 Å². The van der Waals surface area contributed by atoms with Crippen LogP contribution in [0.25, 0.3) is 10.8 Å². The first-order valence-electron chi connectivity index (χ1n) is 3.78. The first-order valence-corrected chi connectivity index (χ1v) is 3.78. The van der Waals surface area contributed by atoms with Gasteiger partial charge in [0, 0.05) is 17.3 Å². The van der Waals surface area contributed by atoms with Gasteiger partial charge < -0.3 is 0 Å². The van der Waals surface area contributed by atoms with Crippen LogP contribution in [0.15, 0.2) is 30.5 Å². The highest BCUT2D eigenvalue weighted by molar-refractivity contribution is 5.84. The molecule has 0 aliphatic carbocycles. The van der Waals surface area contributed by atoms with Gasteiger partial charge in [-0.25, -0.2) is 4.39 Å². The Labute approximate surface area is 69.9 Å². The van der Waals surface area contributed by atoms with E-state index in [1.165, 1.54) is 12.1 Å². The minimum Gasteiger partial charge on any atom is -0.261 e. The zero-order valence-electron chi connectivity index (χ0n) is 6.71. The molecular formula is C10H8FN. The molecule has 0 N–H and O–H groups in total. The highest BCUT2D eigenvalue weighted by Crippen LogP contribution is 2.16. The molecule has 1 heterocycles. The molecule has 60 valence electrons. The molecule has 12 heavy (non-hydrogen) atoms. The molecule has 2 rings (SSSR count). The van der Waals surface area contributed by atoms with Crippen molar-refractivity contribution in [2.45, 2.75) is 6.92 Å². The maximum atomic E-state index is 12.7. The van der Waals surface area contributed by atoms with Crippen LogP contribution in [0.3, 0.4) is 0 Å². The van der Waals surface area contributed by atoms with Crippen LogP contribution in [0.2, 0.25) is 0 Å². The highest BCUT2D eigenvalue weighted by atomic mass is 19.1. The van der Waals surface area contributed by atoms with Crippen molar-refractivity contribution in [3.05, 3.63) is 42.0 Å². The van der Waals surface area contributed by atoms with Crippen molar-refractivity contribution in [3.63, 3.8) is 0 Å². The van der Waals surface area contributed by atoms with Crippen LogP contribution in [0.5, 0.6) is 0 Å². The minimum absolute atomic E-state index is 0.201. The topological polar surface area (TPSA) is 12.9 Å². The van der Waals surface area contributed by atoms with Gasteiger partial charge in [-0.15, -0.1) is 0 Å². The van der Waals surface area contributed by atoms with Gasteiger partial charge in [-0.3, -0.25) is 4.98 Å². The summed E-state index contributed by atoms with van der Waals surface area (Å²) in [6, 6.07) is 6.54. The van der Waals surface area contributed by atoms with Crippen LogP contribution < -0.4 is 0 Å². The molecule has 0 saturated heterocycles. The van der Waals surface area contributed by atoms with Crippen molar-refractivity contribution in [2.24, 2.45) is 0 Å². The molecule has 1 aromatic carbocycles. The van der Waals surface area contributed by atoms with Gasteiger partial charge in [0.2, 0.25) is 0 Å². The van der Waals surface area contributed by atoms with Crippen molar-refractivity contribution in [1.82, 2.24) is 4.98 Å². The second-order valence-corrected chi connectivity index (χ2v) is 2.76. The molecule has 0 atom stereocenters. The number of fused-ring (bicyclic) bond motifs is 1. The van der Waals surface area contributed by atoms with Crippen molar-refractivity contribution in [1.29, 1.82) is 0 Å². The van der Waals surface area contributed by atoms with Gasteiger partial charge in [0.1, 0.15) is 5.82 Å². The summed E-state index contributed by atoms with van der Waals surface area (Å²) < 4.78 is 12.7. The van der Waals surface area contributed by atoms with Gasteiger partial charge in [-0.05, 0) is 36.6 Å². The summed E-state index contributed by atoms with van der Waals surface area (Å²) in [7, 11) is 0. The van der Waals surface area contributed by atoms with E-state index in [1.807, 2.05) is 13.0 Å². The van der Waals surface area contributed by atoms with Crippen molar-refractivity contribution in [2.75, 3.05) is 0 Å². The summed E-state index contributed by atoms with van der Waals surface area (Å²) in [5.74, 6) is -0.201. The maximum absolute atomic E-state index is 12.7. The quantitative estimate of drug-likeness (QED) is 0.578. The Morgan fingerprint density at radius 1 is 1.25 bits per heavy atom. The lowest BCUT2D eigenvalue weighted by Crippen LogP contribution is -1.83. The number of hydrogen-bond acceptors (Lipinski definition) is 1. The standard InChI is InChI=1S/C10H8FN/c1-7-10-3-2-9(11)6-8(10)4-5-12-7/h2-6H,1H3. The monoisotopic (exact) mass is 161 g/mol. The van der Waals surface area contributed by atoms with Crippen LogP contribution >= 0.6 is 0 Å². The molecule has 1 nitrogen and oxygen atoms in total. The first-order chi connectivity index (χ1) is 5.77. The zero-order chi connectivity index (χ0) is 8.55. The van der Waals surface area contributed by atoms with E-state index in [4.69, 9.17) is 0 Å². The fourth-order valence-electron chi connectivity index (χ4n) is 1.30. The molecule has 0 aliphatic rings. The van der Waals surface area contributed by atoms with Crippen LogP contribution in [-0.2, 0) is 0 Å². The van der Waals surface area contributed by atoms with Gasteiger partial charge in [-0.2, -0.15) is 0 Å². The molecule has 1 aromatic heterocycles. The Morgan fingerprint density at radius 2 is 2.08 bits per heavy atom. The van der Waals surface area contributed by atoms with E-state index in [1.54, 1.807) is 12.3 Å². The normalized spacial score (nSPS) is 10.5. The van der Waals surface area contributed by atoms with Crippen LogP contribution in [0.1, 0.15) is 5.69 Å². The van der Waals surface area contributed by atoms with Gasteiger partial charge >= 0.3 is 0 Å². The molecule has 0 unspecified atom stereocenters. The van der Waals surface area contributed by atoms with E-state index >= 15 is 0 Å². The summed E-state index contributed by atoms with van der Waals surface area (Å²) in [5, 5.41) is 1.92. The lowest BCUT2D eigenvalue weighted by Gasteiger charge is -1.99. The van der Waals surface area contributed by atoms with Gasteiger partial charge in [0.15, 0.2) is 0 Å². The van der Waals surface area contributed by atoms with Crippen LogP contribution in [-0.4, -0.2) is 4.98 Å². The maximum Gasteiger partial charge on any atom is 0.123 e. The summed E-state index contributed by atoms with van der Waals surface area (Å²) in [4.78, 5) is 4.11. The largest absolute Gasteiger partial charge is 0.261 e. The van der Waals surface area contributed by atoms with E-state index in [-0.39, 0.29) is 5.82 Å². The van der Waals surface area contributed by atoms with Gasteiger partial charge in [0.05, 0.1) is 0 Å². The Balaban J connectivity index is 2.86. The van der Waals surface area contributed by atoms with Crippen molar-refractivity contribution < 1.29 is 4.39 Å². The minimum atomic E-state index is -0.201. The lowest BCUT2D eigenvalue weighted by molar-refractivity contribution is 0.629. The SMILES string of the molecule is Cc1nccc2cc(F)ccc12. The summed E-state index contributed by atoms with van der Waals surface area (Å²) in [5.41, 5.74) is 0.938. The van der Waals surface area contributed by atoms with E-state index in [0.29, 0.717) is 0 Å². The number of nitrogens with zero attached hydrogens (tertiary/aromatic N) is 1. The smallest absolute Gasteiger partial charge is 0.123 e. The molecule has 2 heteroatoms. The summed E-state index contributed by atoms with van der Waals surface area (Å²) >= 11 is 0. The Bertz CT molecular complexity index is 423. The lowest BCUT2D eigenvalue weighted by atomic mass is 10.1. The predicted molar refractivity (Wildman–Crippen MR) is 46.4 cm³/mol. The number of halogens is 1. The predicted octanol–water partition coefficient (Wildman–Crippen LogP) is 2.68. The summed E-state index contributed by atoms with van der Waals surface area (Å²) in [6.07, 6.45) is 1.69. The van der Waals surface area contributed by atoms with Crippen LogP contribution in [0.4, 0.5) is 4.39 Å². The second-order valence-electron chi connectivity index (χ2n) is 2.76. The third-order valence-corrected chi connectivity index (χ3v) is 1.93. The zero-order valence-corrected chi connectivity index (χ0v) is 6.71. The summed E-state index contributed by atoms with van der Waals surface area (Å²) in [6.45, 7) is 1.92. The Kier molecular flexibility index (Phi) is 1.54. The number of pyridine rings is 1. The third-order valence-electron chi connectivity index (χ3n) is 1.93. The fraction of sp³-hybridized carbons (Fsp3) is 0.100. The Hall–Kier alpha value is -1.44. The molecule has 0 saturated carbocycles. The second kappa shape index (κ2) is 2.55. The van der Waals surface area contributed by atoms with E-state index in [9.17, 15) is 4.39 Å². The Morgan fingerprint density at radius 3 is 2.92 bits per heavy atom. The molecule has 0 amide bonds. The van der Waals surface area contributed by atoms with Gasteiger partial charge in [-0.1, -0.05) is 0 Å². The molecule has 2 aromatic rings. The van der Waals surface area contributed by atoms with E-state index in [2.05, 4.69) is 4.98 Å². The number of benzene rings is 1. The number of aryl methyl sites for hydroxylation is 1. The number of rotatable bonds is 0. The molecular weight excluding hydrogens is 153 g/mol. The molecule has 0 spiro atoms. The average Bonchev–Trinajstić information content (AvgIpc) is 2.04.